The predicted molar refractivity (Wildman–Crippen MR) is 87.2 cm³/mol. The van der Waals surface area contributed by atoms with Crippen molar-refractivity contribution in [2.24, 2.45) is 0 Å². The molecule has 0 saturated carbocycles. The Kier molecular flexibility index (Phi) is 4.93. The molecule has 0 aliphatic rings. The number of rotatable bonds is 4. The average molecular weight is 315 g/mol. The number of esters is 1. The molecule has 1 amide bonds. The lowest BCUT2D eigenvalue weighted by Crippen LogP contribution is -2.39. The van der Waals surface area contributed by atoms with Crippen molar-refractivity contribution in [1.29, 1.82) is 0 Å². The number of ether oxygens (including phenoxy) is 1. The second-order valence-electron chi connectivity index (χ2n) is 5.81. The molecule has 6 heteroatoms. The standard InChI is InChI=1S/C17H21N3O3/c1-9(2)18-16(21)12(5)23-17(22)13-6-7-14-15(8-13)20-11(4)10(3)19-14/h6-9,12H,1-5H3,(H,18,21)/t12-/m0/s1. The zero-order valence-corrected chi connectivity index (χ0v) is 14.0. The highest BCUT2D eigenvalue weighted by Crippen LogP contribution is 2.15. The van der Waals surface area contributed by atoms with Gasteiger partial charge in [0.1, 0.15) is 0 Å². The summed E-state index contributed by atoms with van der Waals surface area (Å²) < 4.78 is 5.20. The van der Waals surface area contributed by atoms with Gasteiger partial charge in [0.25, 0.3) is 5.91 Å². The highest BCUT2D eigenvalue weighted by Gasteiger charge is 2.19. The fourth-order valence-corrected chi connectivity index (χ4v) is 2.04. The number of aryl methyl sites for hydroxylation is 2. The molecular formula is C17H21N3O3. The number of nitrogens with one attached hydrogen (secondary N) is 1. The SMILES string of the molecule is Cc1nc2ccc(C(=O)O[C@@H](C)C(=O)NC(C)C)cc2nc1C. The highest BCUT2D eigenvalue weighted by molar-refractivity contribution is 5.95. The van der Waals surface area contributed by atoms with Gasteiger partial charge in [0.15, 0.2) is 6.10 Å². The number of nitrogens with zero attached hydrogens (tertiary/aromatic N) is 2. The Morgan fingerprint density at radius 1 is 1.04 bits per heavy atom. The quantitative estimate of drug-likeness (QED) is 0.876. The minimum Gasteiger partial charge on any atom is -0.449 e. The summed E-state index contributed by atoms with van der Waals surface area (Å²) in [6, 6.07) is 4.97. The third kappa shape index (κ3) is 4.03. The summed E-state index contributed by atoms with van der Waals surface area (Å²) in [5, 5.41) is 2.70. The Bertz CT molecular complexity index is 756. The van der Waals surface area contributed by atoms with Crippen molar-refractivity contribution in [2.75, 3.05) is 0 Å². The molecule has 0 bridgehead atoms. The topological polar surface area (TPSA) is 81.2 Å². The maximum atomic E-state index is 12.2. The molecule has 1 heterocycles. The van der Waals surface area contributed by atoms with Gasteiger partial charge in [-0.05, 0) is 52.8 Å². The molecule has 6 nitrogen and oxygen atoms in total. The molecule has 122 valence electrons. The molecule has 2 rings (SSSR count). The van der Waals surface area contributed by atoms with Crippen LogP contribution in [0.15, 0.2) is 18.2 Å². The molecule has 1 N–H and O–H groups in total. The Labute approximate surface area is 135 Å². The summed E-state index contributed by atoms with van der Waals surface area (Å²) in [6.45, 7) is 8.99. The van der Waals surface area contributed by atoms with Gasteiger partial charge in [0.2, 0.25) is 0 Å². The van der Waals surface area contributed by atoms with Crippen LogP contribution in [0.2, 0.25) is 0 Å². The number of amides is 1. The zero-order valence-electron chi connectivity index (χ0n) is 14.0. The number of carbonyl (C=O) groups excluding carboxylic acids is 2. The lowest BCUT2D eigenvalue weighted by atomic mass is 10.2. The molecule has 23 heavy (non-hydrogen) atoms. The van der Waals surface area contributed by atoms with E-state index in [1.807, 2.05) is 27.7 Å². The van der Waals surface area contributed by atoms with Crippen LogP contribution in [0.25, 0.3) is 11.0 Å². The van der Waals surface area contributed by atoms with Gasteiger partial charge in [-0.1, -0.05) is 0 Å². The minimum atomic E-state index is -0.855. The van der Waals surface area contributed by atoms with E-state index < -0.39 is 12.1 Å². The van der Waals surface area contributed by atoms with E-state index in [1.165, 1.54) is 0 Å². The van der Waals surface area contributed by atoms with Gasteiger partial charge in [-0.2, -0.15) is 0 Å². The molecule has 1 atom stereocenters. The van der Waals surface area contributed by atoms with Gasteiger partial charge in [0, 0.05) is 6.04 Å². The molecule has 0 spiro atoms. The molecule has 1 aromatic carbocycles. The van der Waals surface area contributed by atoms with Gasteiger partial charge >= 0.3 is 5.97 Å². The monoisotopic (exact) mass is 315 g/mol. The van der Waals surface area contributed by atoms with Crippen molar-refractivity contribution in [3.8, 4) is 0 Å². The van der Waals surface area contributed by atoms with Crippen LogP contribution in [0.1, 0.15) is 42.5 Å². The van der Waals surface area contributed by atoms with E-state index >= 15 is 0 Å². The van der Waals surface area contributed by atoms with E-state index in [1.54, 1.807) is 25.1 Å². The highest BCUT2D eigenvalue weighted by atomic mass is 16.5. The second kappa shape index (κ2) is 6.73. The summed E-state index contributed by atoms with van der Waals surface area (Å²) in [6.07, 6.45) is -0.855. The van der Waals surface area contributed by atoms with E-state index in [0.717, 1.165) is 16.9 Å². The lowest BCUT2D eigenvalue weighted by Gasteiger charge is -2.15. The number of hydrogen-bond donors (Lipinski definition) is 1. The maximum Gasteiger partial charge on any atom is 0.338 e. The van der Waals surface area contributed by atoms with Crippen LogP contribution in [0.4, 0.5) is 0 Å². The molecule has 0 aliphatic carbocycles. The van der Waals surface area contributed by atoms with Crippen LogP contribution in [-0.2, 0) is 9.53 Å². The molecule has 0 unspecified atom stereocenters. The summed E-state index contributed by atoms with van der Waals surface area (Å²) in [5.74, 6) is -0.876. The molecule has 0 fully saturated rings. The van der Waals surface area contributed by atoms with Crippen molar-refractivity contribution in [1.82, 2.24) is 15.3 Å². The normalized spacial score (nSPS) is 12.3. The van der Waals surface area contributed by atoms with Gasteiger partial charge in [-0.15, -0.1) is 0 Å². The largest absolute Gasteiger partial charge is 0.449 e. The predicted octanol–water partition coefficient (Wildman–Crippen LogP) is 2.32. The van der Waals surface area contributed by atoms with Crippen LogP contribution < -0.4 is 5.32 Å². The molecular weight excluding hydrogens is 294 g/mol. The number of carbonyl (C=O) groups is 2. The van der Waals surface area contributed by atoms with E-state index in [4.69, 9.17) is 4.74 Å². The summed E-state index contributed by atoms with van der Waals surface area (Å²) in [5.41, 5.74) is 3.36. The molecule has 2 aromatic rings. The van der Waals surface area contributed by atoms with E-state index in [9.17, 15) is 9.59 Å². The zero-order chi connectivity index (χ0) is 17.1. The first-order chi connectivity index (χ1) is 10.8. The Balaban J connectivity index is 2.18. The van der Waals surface area contributed by atoms with Gasteiger partial charge in [-0.3, -0.25) is 4.79 Å². The first-order valence-corrected chi connectivity index (χ1v) is 7.54. The second-order valence-corrected chi connectivity index (χ2v) is 5.81. The number of fused-ring (bicyclic) bond motifs is 1. The summed E-state index contributed by atoms with van der Waals surface area (Å²) in [4.78, 5) is 32.8. The number of aromatic nitrogens is 2. The molecule has 0 radical (unpaired) electrons. The molecule has 0 aliphatic heterocycles. The van der Waals surface area contributed by atoms with Crippen molar-refractivity contribution >= 4 is 22.9 Å². The van der Waals surface area contributed by atoms with Crippen LogP contribution in [0, 0.1) is 13.8 Å². The minimum absolute atomic E-state index is 0.00851. The first-order valence-electron chi connectivity index (χ1n) is 7.54. The maximum absolute atomic E-state index is 12.2. The van der Waals surface area contributed by atoms with E-state index in [0.29, 0.717) is 11.1 Å². The Morgan fingerprint density at radius 3 is 2.26 bits per heavy atom. The average Bonchev–Trinajstić information content (AvgIpc) is 2.47. The van der Waals surface area contributed by atoms with Crippen molar-refractivity contribution in [3.05, 3.63) is 35.2 Å². The van der Waals surface area contributed by atoms with Gasteiger partial charge < -0.3 is 10.1 Å². The summed E-state index contributed by atoms with van der Waals surface area (Å²) in [7, 11) is 0. The third-order valence-corrected chi connectivity index (χ3v) is 3.40. The third-order valence-electron chi connectivity index (χ3n) is 3.40. The van der Waals surface area contributed by atoms with Gasteiger partial charge in [0.05, 0.1) is 28.0 Å². The lowest BCUT2D eigenvalue weighted by molar-refractivity contribution is -0.129. The Morgan fingerprint density at radius 2 is 1.65 bits per heavy atom. The number of hydrogen-bond acceptors (Lipinski definition) is 5. The fraction of sp³-hybridized carbons (Fsp3) is 0.412. The van der Waals surface area contributed by atoms with Gasteiger partial charge in [-0.25, -0.2) is 14.8 Å². The van der Waals surface area contributed by atoms with E-state index in [2.05, 4.69) is 15.3 Å². The number of benzene rings is 1. The first kappa shape index (κ1) is 16.9. The van der Waals surface area contributed by atoms with Crippen LogP contribution in [0.3, 0.4) is 0 Å². The summed E-state index contributed by atoms with van der Waals surface area (Å²) >= 11 is 0. The van der Waals surface area contributed by atoms with Crippen LogP contribution in [0.5, 0.6) is 0 Å². The van der Waals surface area contributed by atoms with E-state index in [-0.39, 0.29) is 11.9 Å². The Hall–Kier alpha value is -2.50. The van der Waals surface area contributed by atoms with Crippen molar-refractivity contribution in [2.45, 2.75) is 46.8 Å². The molecule has 1 aromatic heterocycles. The fourth-order valence-electron chi connectivity index (χ4n) is 2.04. The van der Waals surface area contributed by atoms with Crippen LogP contribution in [-0.4, -0.2) is 34.0 Å². The van der Waals surface area contributed by atoms with Crippen LogP contribution >= 0.6 is 0 Å². The van der Waals surface area contributed by atoms with Crippen molar-refractivity contribution in [3.63, 3.8) is 0 Å². The molecule has 0 saturated heterocycles. The smallest absolute Gasteiger partial charge is 0.338 e. The van der Waals surface area contributed by atoms with Crippen molar-refractivity contribution < 1.29 is 14.3 Å².